The lowest BCUT2D eigenvalue weighted by Crippen LogP contribution is -2.31. The number of alkyl halides is 1. The van der Waals surface area contributed by atoms with E-state index in [4.69, 9.17) is 4.74 Å². The molecule has 98 valence electrons. The van der Waals surface area contributed by atoms with E-state index in [-0.39, 0.29) is 24.2 Å². The lowest BCUT2D eigenvalue weighted by molar-refractivity contribution is -0.148. The fraction of sp³-hybridized carbons (Fsp3) is 0.500. The summed E-state index contributed by atoms with van der Waals surface area (Å²) in [4.78, 5) is 11.8. The molecule has 1 fully saturated rings. The Bertz CT molecular complexity index is 436. The number of benzene rings is 1. The van der Waals surface area contributed by atoms with Gasteiger partial charge in [0.1, 0.15) is 6.17 Å². The molecule has 1 aliphatic carbocycles. The minimum Gasteiger partial charge on any atom is -0.469 e. The van der Waals surface area contributed by atoms with Gasteiger partial charge in [0.15, 0.2) is 0 Å². The van der Waals surface area contributed by atoms with E-state index in [1.807, 2.05) is 24.3 Å². The van der Waals surface area contributed by atoms with Gasteiger partial charge in [-0.25, -0.2) is 4.39 Å². The van der Waals surface area contributed by atoms with Gasteiger partial charge in [-0.3, -0.25) is 4.79 Å². The third-order valence-corrected chi connectivity index (χ3v) is 4.32. The normalized spacial score (nSPS) is 27.8. The maximum absolute atomic E-state index is 13.5. The maximum Gasteiger partial charge on any atom is 0.309 e. The Labute approximate surface area is 115 Å². The average molecular weight is 315 g/mol. The lowest BCUT2D eigenvalue weighted by Gasteiger charge is -2.32. The molecule has 0 heterocycles. The zero-order chi connectivity index (χ0) is 13.1. The Hall–Kier alpha value is -0.900. The van der Waals surface area contributed by atoms with Crippen molar-refractivity contribution >= 4 is 21.9 Å². The van der Waals surface area contributed by atoms with Gasteiger partial charge in [-0.15, -0.1) is 0 Å². The molecular formula is C14H16BrFO2. The lowest BCUT2D eigenvalue weighted by atomic mass is 9.75. The zero-order valence-corrected chi connectivity index (χ0v) is 11.8. The van der Waals surface area contributed by atoms with Crippen LogP contribution in [0.5, 0.6) is 0 Å². The molecule has 0 N–H and O–H groups in total. The predicted molar refractivity (Wildman–Crippen MR) is 71.1 cm³/mol. The minimum absolute atomic E-state index is 0.0417. The van der Waals surface area contributed by atoms with Crippen LogP contribution in [0.2, 0.25) is 0 Å². The van der Waals surface area contributed by atoms with Crippen molar-refractivity contribution in [1.82, 2.24) is 0 Å². The maximum atomic E-state index is 13.5. The van der Waals surface area contributed by atoms with Crippen molar-refractivity contribution in [3.63, 3.8) is 0 Å². The van der Waals surface area contributed by atoms with Gasteiger partial charge in [-0.05, 0) is 36.8 Å². The van der Waals surface area contributed by atoms with Crippen molar-refractivity contribution in [2.24, 2.45) is 5.92 Å². The topological polar surface area (TPSA) is 26.3 Å². The van der Waals surface area contributed by atoms with Gasteiger partial charge in [-0.2, -0.15) is 0 Å². The third kappa shape index (κ3) is 2.74. The van der Waals surface area contributed by atoms with Crippen LogP contribution in [-0.2, 0) is 9.53 Å². The molecule has 0 aromatic heterocycles. The first-order valence-electron chi connectivity index (χ1n) is 6.09. The summed E-state index contributed by atoms with van der Waals surface area (Å²) in [6.45, 7) is 0. The number of carbonyl (C=O) groups excluding carboxylic acids is 1. The molecule has 1 aromatic carbocycles. The molecule has 2 nitrogen and oxygen atoms in total. The van der Waals surface area contributed by atoms with Crippen molar-refractivity contribution in [3.05, 3.63) is 34.3 Å². The van der Waals surface area contributed by atoms with Crippen LogP contribution in [0, 0.1) is 5.92 Å². The average Bonchev–Trinajstić information content (AvgIpc) is 2.39. The monoisotopic (exact) mass is 314 g/mol. The molecular weight excluding hydrogens is 299 g/mol. The van der Waals surface area contributed by atoms with Crippen molar-refractivity contribution < 1.29 is 13.9 Å². The first kappa shape index (κ1) is 13.5. The van der Waals surface area contributed by atoms with Crippen LogP contribution in [0.1, 0.15) is 30.7 Å². The molecule has 0 saturated heterocycles. The Balaban J connectivity index is 2.29. The standard InChI is InChI=1S/C14H16BrFO2/c1-18-14(17)12-8-9(16)6-7-10(12)11-4-2-3-5-13(11)15/h2-5,9-10,12H,6-8H2,1H3/t9-,10?,12+/m0/s1. The second kappa shape index (κ2) is 5.83. The molecule has 1 aliphatic rings. The smallest absolute Gasteiger partial charge is 0.309 e. The van der Waals surface area contributed by atoms with Crippen LogP contribution in [-0.4, -0.2) is 19.3 Å². The highest BCUT2D eigenvalue weighted by Crippen LogP contribution is 2.41. The first-order valence-corrected chi connectivity index (χ1v) is 6.89. The summed E-state index contributed by atoms with van der Waals surface area (Å²) in [5.74, 6) is -0.643. The van der Waals surface area contributed by atoms with Crippen LogP contribution in [0.25, 0.3) is 0 Å². The highest BCUT2D eigenvalue weighted by molar-refractivity contribution is 9.10. The summed E-state index contributed by atoms with van der Waals surface area (Å²) in [6, 6.07) is 7.81. The first-order chi connectivity index (χ1) is 8.63. The second-order valence-electron chi connectivity index (χ2n) is 4.67. The van der Waals surface area contributed by atoms with Crippen LogP contribution in [0.15, 0.2) is 28.7 Å². The highest BCUT2D eigenvalue weighted by atomic mass is 79.9. The van der Waals surface area contributed by atoms with Gasteiger partial charge >= 0.3 is 5.97 Å². The fourth-order valence-electron chi connectivity index (χ4n) is 2.68. The largest absolute Gasteiger partial charge is 0.469 e. The SMILES string of the molecule is COC(=O)[C@@H]1C[C@@H](F)CCC1c1ccccc1Br. The Morgan fingerprint density at radius 1 is 1.39 bits per heavy atom. The number of carbonyl (C=O) groups is 1. The van der Waals surface area contributed by atoms with E-state index in [1.165, 1.54) is 7.11 Å². The second-order valence-corrected chi connectivity index (χ2v) is 5.52. The number of ether oxygens (including phenoxy) is 1. The number of halogens is 2. The number of esters is 1. The molecule has 1 saturated carbocycles. The van der Waals surface area contributed by atoms with Gasteiger partial charge < -0.3 is 4.74 Å². The number of hydrogen-bond donors (Lipinski definition) is 0. The molecule has 0 bridgehead atoms. The van der Waals surface area contributed by atoms with Crippen molar-refractivity contribution in [3.8, 4) is 0 Å². The zero-order valence-electron chi connectivity index (χ0n) is 10.2. The van der Waals surface area contributed by atoms with E-state index in [2.05, 4.69) is 15.9 Å². The third-order valence-electron chi connectivity index (χ3n) is 3.59. The molecule has 0 radical (unpaired) electrons. The van der Waals surface area contributed by atoms with Crippen molar-refractivity contribution in [2.45, 2.75) is 31.4 Å². The molecule has 0 aliphatic heterocycles. The van der Waals surface area contributed by atoms with Crippen molar-refractivity contribution in [2.75, 3.05) is 7.11 Å². The summed E-state index contributed by atoms with van der Waals surface area (Å²) in [7, 11) is 1.36. The van der Waals surface area contributed by atoms with Gasteiger partial charge in [-0.1, -0.05) is 34.1 Å². The van der Waals surface area contributed by atoms with Crippen LogP contribution < -0.4 is 0 Å². The molecule has 4 heteroatoms. The van der Waals surface area contributed by atoms with Crippen LogP contribution in [0.3, 0.4) is 0 Å². The molecule has 0 spiro atoms. The van der Waals surface area contributed by atoms with E-state index in [0.29, 0.717) is 12.8 Å². The Morgan fingerprint density at radius 3 is 2.78 bits per heavy atom. The van der Waals surface area contributed by atoms with Gasteiger partial charge in [0, 0.05) is 4.47 Å². The van der Waals surface area contributed by atoms with Crippen molar-refractivity contribution in [1.29, 1.82) is 0 Å². The van der Waals surface area contributed by atoms with Gasteiger partial charge in [0.2, 0.25) is 0 Å². The quantitative estimate of drug-likeness (QED) is 0.775. The molecule has 1 aromatic rings. The molecule has 18 heavy (non-hydrogen) atoms. The van der Waals surface area contributed by atoms with E-state index < -0.39 is 6.17 Å². The number of methoxy groups -OCH3 is 1. The minimum atomic E-state index is -0.896. The van der Waals surface area contributed by atoms with E-state index in [9.17, 15) is 9.18 Å². The summed E-state index contributed by atoms with van der Waals surface area (Å²) in [5.41, 5.74) is 1.07. The molecule has 2 rings (SSSR count). The number of hydrogen-bond acceptors (Lipinski definition) is 2. The Morgan fingerprint density at radius 2 is 2.11 bits per heavy atom. The van der Waals surface area contributed by atoms with Crippen LogP contribution in [0.4, 0.5) is 4.39 Å². The molecule has 0 amide bonds. The fourth-order valence-corrected chi connectivity index (χ4v) is 3.26. The van der Waals surface area contributed by atoms with Crippen LogP contribution >= 0.6 is 15.9 Å². The molecule has 1 unspecified atom stereocenters. The Kier molecular flexibility index (Phi) is 4.38. The van der Waals surface area contributed by atoms with E-state index in [1.54, 1.807) is 0 Å². The van der Waals surface area contributed by atoms with Gasteiger partial charge in [0.05, 0.1) is 13.0 Å². The predicted octanol–water partition coefficient (Wildman–Crippen LogP) is 3.84. The van der Waals surface area contributed by atoms with E-state index >= 15 is 0 Å². The number of rotatable bonds is 2. The summed E-state index contributed by atoms with van der Waals surface area (Å²) in [5, 5.41) is 0. The highest BCUT2D eigenvalue weighted by Gasteiger charge is 2.37. The molecule has 3 atom stereocenters. The van der Waals surface area contributed by atoms with E-state index in [0.717, 1.165) is 10.0 Å². The van der Waals surface area contributed by atoms with Gasteiger partial charge in [0.25, 0.3) is 0 Å². The summed E-state index contributed by atoms with van der Waals surface area (Å²) in [6.07, 6.45) is 0.565. The summed E-state index contributed by atoms with van der Waals surface area (Å²) < 4.78 is 19.3. The summed E-state index contributed by atoms with van der Waals surface area (Å²) >= 11 is 3.50.